The van der Waals surface area contributed by atoms with E-state index in [1.807, 2.05) is 0 Å². The Balaban J connectivity index is 1.49. The number of imide groups is 1. The summed E-state index contributed by atoms with van der Waals surface area (Å²) in [6.07, 6.45) is 2.70. The van der Waals surface area contributed by atoms with Gasteiger partial charge in [0.05, 0.1) is 0 Å². The average molecular weight is 587 g/mol. The molecule has 3 atom stereocenters. The van der Waals surface area contributed by atoms with Crippen molar-refractivity contribution in [2.24, 2.45) is 7.05 Å². The van der Waals surface area contributed by atoms with Gasteiger partial charge in [-0.2, -0.15) is 0 Å². The highest BCUT2D eigenvalue weighted by molar-refractivity contribution is 8.01. The van der Waals surface area contributed by atoms with Gasteiger partial charge in [0.15, 0.2) is 0 Å². The number of β-lactam (4-membered cyclic amide) rings is 1. The Morgan fingerprint density at radius 1 is 1.27 bits per heavy atom. The Bertz CT molecular complexity index is 1390. The van der Waals surface area contributed by atoms with Gasteiger partial charge >= 0.3 is 12.0 Å². The summed E-state index contributed by atoms with van der Waals surface area (Å²) in [7, 11) is 2.94. The standard InChI is InChI=1S/C24H26N8O6S2/c1-4-8-15(33)30(2)23(38)26-16(13-9-6-5-7-10-13)19(34)25-17-20(35)32-18(22(36)37)14(11-39-21(17)32)12-40-24-27-28-29-31(24)3/h4-10,16-17,21H,11-12H2,1-3H3,(H,25,34)(H,26,38)(H,36,37)/b8-4+/t16?,17?,21-/m0/s1. The Kier molecular flexibility index (Phi) is 8.89. The van der Waals surface area contributed by atoms with Crippen molar-refractivity contribution in [2.75, 3.05) is 18.6 Å². The number of benzene rings is 1. The number of rotatable bonds is 9. The van der Waals surface area contributed by atoms with Crippen LogP contribution in [-0.2, 0) is 26.2 Å². The molecule has 5 amide bonds. The van der Waals surface area contributed by atoms with Crippen LogP contribution in [0.25, 0.3) is 0 Å². The lowest BCUT2D eigenvalue weighted by molar-refractivity contribution is -0.151. The van der Waals surface area contributed by atoms with Crippen LogP contribution in [0, 0.1) is 0 Å². The first-order chi connectivity index (χ1) is 19.1. The number of carbonyl (C=O) groups excluding carboxylic acids is 4. The number of hydrogen-bond acceptors (Lipinski definition) is 10. The largest absolute Gasteiger partial charge is 0.477 e. The number of aromatic nitrogens is 4. The molecule has 2 aromatic rings. The highest BCUT2D eigenvalue weighted by Crippen LogP contribution is 2.41. The first kappa shape index (κ1) is 28.8. The minimum absolute atomic E-state index is 0.126. The Morgan fingerprint density at radius 2 is 2.00 bits per heavy atom. The number of amides is 5. The summed E-state index contributed by atoms with van der Waals surface area (Å²) in [5.74, 6) is -2.51. The minimum atomic E-state index is -1.25. The van der Waals surface area contributed by atoms with Gasteiger partial charge in [0.2, 0.25) is 11.1 Å². The monoisotopic (exact) mass is 586 g/mol. The van der Waals surface area contributed by atoms with Crippen LogP contribution < -0.4 is 10.6 Å². The molecule has 1 fully saturated rings. The molecule has 0 radical (unpaired) electrons. The molecule has 2 aliphatic rings. The van der Waals surface area contributed by atoms with E-state index in [1.54, 1.807) is 44.3 Å². The van der Waals surface area contributed by atoms with Crippen LogP contribution >= 0.6 is 23.5 Å². The van der Waals surface area contributed by atoms with Crippen LogP contribution in [0.3, 0.4) is 0 Å². The molecule has 2 aliphatic heterocycles. The van der Waals surface area contributed by atoms with Crippen molar-refractivity contribution in [3.63, 3.8) is 0 Å². The van der Waals surface area contributed by atoms with Gasteiger partial charge in [-0.3, -0.25) is 24.2 Å². The number of thioether (sulfide) groups is 2. The maximum absolute atomic E-state index is 13.4. The number of allylic oxidation sites excluding steroid dienone is 1. The van der Waals surface area contributed by atoms with E-state index in [0.29, 0.717) is 22.0 Å². The fraction of sp³-hybridized carbons (Fsp3) is 0.333. The lowest BCUT2D eigenvalue weighted by atomic mass is 10.0. The molecule has 1 saturated heterocycles. The second kappa shape index (κ2) is 12.3. The van der Waals surface area contributed by atoms with Crippen molar-refractivity contribution in [3.05, 3.63) is 59.3 Å². The zero-order valence-electron chi connectivity index (χ0n) is 21.7. The molecule has 210 valence electrons. The third kappa shape index (κ3) is 5.86. The summed E-state index contributed by atoms with van der Waals surface area (Å²) < 4.78 is 1.46. The highest BCUT2D eigenvalue weighted by atomic mass is 32.2. The van der Waals surface area contributed by atoms with Gasteiger partial charge in [-0.1, -0.05) is 48.2 Å². The molecular weight excluding hydrogens is 560 g/mol. The fourth-order valence-electron chi connectivity index (χ4n) is 4.05. The number of tetrazole rings is 1. The molecule has 0 spiro atoms. The van der Waals surface area contributed by atoms with Gasteiger partial charge < -0.3 is 15.7 Å². The number of fused-ring (bicyclic) bond motifs is 1. The maximum atomic E-state index is 13.4. The number of carbonyl (C=O) groups is 5. The Labute approximate surface area is 237 Å². The number of nitrogens with zero attached hydrogens (tertiary/aromatic N) is 6. The summed E-state index contributed by atoms with van der Waals surface area (Å²) in [6, 6.07) is 5.34. The molecule has 0 bridgehead atoms. The highest BCUT2D eigenvalue weighted by Gasteiger charge is 2.54. The topological polar surface area (TPSA) is 180 Å². The number of urea groups is 1. The van der Waals surface area contributed by atoms with Gasteiger partial charge in [-0.25, -0.2) is 14.3 Å². The number of aliphatic carboxylic acids is 1. The van der Waals surface area contributed by atoms with E-state index >= 15 is 0 Å². The van der Waals surface area contributed by atoms with E-state index in [9.17, 15) is 29.1 Å². The van der Waals surface area contributed by atoms with Gasteiger partial charge in [-0.05, 0) is 34.6 Å². The van der Waals surface area contributed by atoms with Crippen LogP contribution in [0.5, 0.6) is 0 Å². The SMILES string of the molecule is C/C=C/C(=O)N(C)C(=O)NC(C(=O)NC1C(=O)N2C(C(=O)O)=C(CSc3nnnn3C)CS[C@@H]12)c1ccccc1. The molecular formula is C24H26N8O6S2. The molecule has 0 saturated carbocycles. The quantitative estimate of drug-likeness (QED) is 0.212. The number of likely N-dealkylation sites (N-methyl/N-ethyl adjacent to an activating group) is 1. The summed E-state index contributed by atoms with van der Waals surface area (Å²) in [6.45, 7) is 1.63. The third-order valence-electron chi connectivity index (χ3n) is 6.11. The van der Waals surface area contributed by atoms with Crippen LogP contribution in [0.2, 0.25) is 0 Å². The van der Waals surface area contributed by atoms with Gasteiger partial charge in [0.25, 0.3) is 11.8 Å². The number of carboxylic acids is 1. The smallest absolute Gasteiger partial charge is 0.352 e. The summed E-state index contributed by atoms with van der Waals surface area (Å²) >= 11 is 2.57. The number of aryl methyl sites for hydroxylation is 1. The lowest BCUT2D eigenvalue weighted by Crippen LogP contribution is -2.71. The first-order valence-electron chi connectivity index (χ1n) is 11.9. The molecule has 4 rings (SSSR count). The molecule has 40 heavy (non-hydrogen) atoms. The summed E-state index contributed by atoms with van der Waals surface area (Å²) in [5, 5.41) is 26.2. The van der Waals surface area contributed by atoms with Crippen LogP contribution in [0.15, 0.2) is 58.9 Å². The van der Waals surface area contributed by atoms with E-state index in [4.69, 9.17) is 0 Å². The Morgan fingerprint density at radius 3 is 2.62 bits per heavy atom. The van der Waals surface area contributed by atoms with Crippen molar-refractivity contribution in [1.82, 2.24) is 40.6 Å². The van der Waals surface area contributed by atoms with Crippen LogP contribution in [0.4, 0.5) is 4.79 Å². The van der Waals surface area contributed by atoms with Crippen LogP contribution in [-0.4, -0.2) is 94.8 Å². The lowest BCUT2D eigenvalue weighted by Gasteiger charge is -2.49. The molecule has 3 N–H and O–H groups in total. The normalized spacial score (nSPS) is 19.1. The molecule has 0 aliphatic carbocycles. The Hall–Kier alpha value is -4.18. The van der Waals surface area contributed by atoms with Crippen molar-refractivity contribution in [2.45, 2.75) is 29.5 Å². The second-order valence-corrected chi connectivity index (χ2v) is 10.8. The molecule has 2 unspecified atom stereocenters. The average Bonchev–Trinajstić information content (AvgIpc) is 3.36. The van der Waals surface area contributed by atoms with Crippen LogP contribution in [0.1, 0.15) is 18.5 Å². The van der Waals surface area contributed by atoms with Crippen molar-refractivity contribution < 1.29 is 29.1 Å². The molecule has 3 heterocycles. The summed E-state index contributed by atoms with van der Waals surface area (Å²) in [5.41, 5.74) is 0.839. The molecule has 1 aromatic carbocycles. The summed E-state index contributed by atoms with van der Waals surface area (Å²) in [4.78, 5) is 65.5. The minimum Gasteiger partial charge on any atom is -0.477 e. The predicted molar refractivity (Wildman–Crippen MR) is 145 cm³/mol. The maximum Gasteiger partial charge on any atom is 0.352 e. The molecule has 14 nitrogen and oxygen atoms in total. The number of carboxylic acid groups (broad SMARTS) is 1. The predicted octanol–water partition coefficient (Wildman–Crippen LogP) is 0.526. The van der Waals surface area contributed by atoms with Crippen molar-refractivity contribution >= 4 is 53.2 Å². The zero-order chi connectivity index (χ0) is 29.0. The van der Waals surface area contributed by atoms with E-state index in [0.717, 1.165) is 4.90 Å². The number of nitrogens with one attached hydrogen (secondary N) is 2. The third-order valence-corrected chi connectivity index (χ3v) is 8.55. The van der Waals surface area contributed by atoms with Gasteiger partial charge in [-0.15, -0.1) is 16.9 Å². The van der Waals surface area contributed by atoms with Gasteiger partial charge in [0.1, 0.15) is 23.2 Å². The molecule has 16 heteroatoms. The van der Waals surface area contributed by atoms with E-state index in [-0.39, 0.29) is 11.4 Å². The van der Waals surface area contributed by atoms with Gasteiger partial charge in [0, 0.05) is 25.6 Å². The fourth-order valence-corrected chi connectivity index (χ4v) is 6.38. The van der Waals surface area contributed by atoms with Crippen molar-refractivity contribution in [1.29, 1.82) is 0 Å². The second-order valence-electron chi connectivity index (χ2n) is 8.72. The van der Waals surface area contributed by atoms with E-state index in [1.165, 1.54) is 52.3 Å². The van der Waals surface area contributed by atoms with E-state index in [2.05, 4.69) is 26.2 Å². The number of hydrogen-bond donors (Lipinski definition) is 3. The molecule has 1 aromatic heterocycles. The zero-order valence-corrected chi connectivity index (χ0v) is 23.3. The van der Waals surface area contributed by atoms with E-state index < -0.39 is 47.2 Å². The first-order valence-corrected chi connectivity index (χ1v) is 14.0. The van der Waals surface area contributed by atoms with Crippen molar-refractivity contribution in [3.8, 4) is 0 Å².